The van der Waals surface area contributed by atoms with E-state index in [4.69, 9.17) is 4.74 Å². The second-order valence-corrected chi connectivity index (χ2v) is 13.6. The molecule has 12 heteroatoms. The molecule has 2 saturated heterocycles. The maximum absolute atomic E-state index is 14.4. The quantitative estimate of drug-likeness (QED) is 0.361. The summed E-state index contributed by atoms with van der Waals surface area (Å²) in [5.41, 5.74) is 0.607. The van der Waals surface area contributed by atoms with Gasteiger partial charge in [-0.1, -0.05) is 31.3 Å². The summed E-state index contributed by atoms with van der Waals surface area (Å²) in [7, 11) is -3.65. The molecule has 3 heterocycles. The number of halogens is 2. The molecule has 2 fully saturated rings. The summed E-state index contributed by atoms with van der Waals surface area (Å²) in [4.78, 5) is 22.3. The number of hydrogen-bond donors (Lipinski definition) is 0. The number of rotatable bonds is 8. The van der Waals surface area contributed by atoms with Crippen molar-refractivity contribution in [2.45, 2.75) is 31.6 Å². The summed E-state index contributed by atoms with van der Waals surface area (Å²) in [5, 5.41) is 0.426. The number of thiazole rings is 1. The Kier molecular flexibility index (Phi) is 10.2. The predicted octanol–water partition coefficient (Wildman–Crippen LogP) is 4.89. The molecule has 8 nitrogen and oxygen atoms in total. The molecule has 40 heavy (non-hydrogen) atoms. The lowest BCUT2D eigenvalue weighted by Crippen LogP contribution is -2.42. The first-order chi connectivity index (χ1) is 18.7. The van der Waals surface area contributed by atoms with Crippen LogP contribution in [0.15, 0.2) is 47.4 Å². The third-order valence-corrected chi connectivity index (χ3v) is 10.3. The predicted molar refractivity (Wildman–Crippen MR) is 159 cm³/mol. The standard InChI is InChI=1S/C28H35FN4O4S2.ClH/c1-20-17-21(2)19-32(18-20)39(35,36)23-9-7-22(8-10-23)27(34)33(12-4-11-31-13-15-37-16-14-31)28-30-26-24(29)5-3-6-25(26)38-28;/h3,5-10,20-21H,4,11-19H2,1-2H3;1H. The molecule has 218 valence electrons. The van der Waals surface area contributed by atoms with Gasteiger partial charge in [-0.15, -0.1) is 12.4 Å². The lowest BCUT2D eigenvalue weighted by atomic mass is 9.94. The lowest BCUT2D eigenvalue weighted by Gasteiger charge is -2.34. The van der Waals surface area contributed by atoms with Crippen LogP contribution >= 0.6 is 23.7 Å². The smallest absolute Gasteiger partial charge is 0.260 e. The molecular weight excluding hydrogens is 575 g/mol. The average molecular weight is 611 g/mol. The molecule has 2 aliphatic rings. The van der Waals surface area contributed by atoms with E-state index in [1.165, 1.54) is 29.5 Å². The average Bonchev–Trinajstić information content (AvgIpc) is 3.36. The molecule has 0 spiro atoms. The maximum atomic E-state index is 14.4. The number of hydrogen-bond acceptors (Lipinski definition) is 7. The summed E-state index contributed by atoms with van der Waals surface area (Å²) in [6.45, 7) is 9.45. The number of aromatic nitrogens is 1. The van der Waals surface area contributed by atoms with Crippen LogP contribution in [-0.2, 0) is 14.8 Å². The van der Waals surface area contributed by atoms with Crippen LogP contribution in [0.5, 0.6) is 0 Å². The van der Waals surface area contributed by atoms with Gasteiger partial charge < -0.3 is 4.74 Å². The Morgan fingerprint density at radius 2 is 1.77 bits per heavy atom. The molecule has 3 aromatic rings. The molecule has 2 atom stereocenters. The molecular formula is C28H36ClFN4O4S2. The SMILES string of the molecule is CC1CC(C)CN(S(=O)(=O)c2ccc(C(=O)N(CCCN3CCOCC3)c3nc4c(F)cccc4s3)cc2)C1.Cl. The van der Waals surface area contributed by atoms with Crippen molar-refractivity contribution < 1.29 is 22.3 Å². The second-order valence-electron chi connectivity index (χ2n) is 10.6. The van der Waals surface area contributed by atoms with Gasteiger partial charge in [-0.2, -0.15) is 4.31 Å². The fourth-order valence-corrected chi connectivity index (χ4v) is 8.14. The molecule has 0 bridgehead atoms. The highest BCUT2D eigenvalue weighted by Gasteiger charge is 2.32. The summed E-state index contributed by atoms with van der Waals surface area (Å²) < 4.78 is 48.7. The van der Waals surface area contributed by atoms with Gasteiger partial charge in [-0.25, -0.2) is 17.8 Å². The van der Waals surface area contributed by atoms with E-state index in [0.717, 1.165) is 26.1 Å². The number of amides is 1. The summed E-state index contributed by atoms with van der Waals surface area (Å²) in [6, 6.07) is 10.9. The van der Waals surface area contributed by atoms with Crippen LogP contribution in [0.3, 0.4) is 0 Å². The van der Waals surface area contributed by atoms with Crippen LogP contribution in [0.25, 0.3) is 10.2 Å². The zero-order valence-electron chi connectivity index (χ0n) is 22.8. The summed E-state index contributed by atoms with van der Waals surface area (Å²) >= 11 is 1.27. The van der Waals surface area contributed by atoms with E-state index in [0.29, 0.717) is 66.5 Å². The number of para-hydroxylation sites is 1. The Bertz CT molecular complexity index is 1400. The van der Waals surface area contributed by atoms with Gasteiger partial charge in [0.15, 0.2) is 5.13 Å². The van der Waals surface area contributed by atoms with Crippen LogP contribution in [0.1, 0.15) is 37.0 Å². The van der Waals surface area contributed by atoms with Gasteiger partial charge in [0.1, 0.15) is 11.3 Å². The number of fused-ring (bicyclic) bond motifs is 1. The number of nitrogens with zero attached hydrogens (tertiary/aromatic N) is 4. The Balaban J connectivity index is 0.00000370. The molecule has 2 aliphatic heterocycles. The van der Waals surface area contributed by atoms with Crippen molar-refractivity contribution in [3.8, 4) is 0 Å². The highest BCUT2D eigenvalue weighted by Crippen LogP contribution is 2.32. The van der Waals surface area contributed by atoms with Gasteiger partial charge in [0.2, 0.25) is 10.0 Å². The highest BCUT2D eigenvalue weighted by molar-refractivity contribution is 7.89. The van der Waals surface area contributed by atoms with E-state index in [1.807, 2.05) is 0 Å². The number of carbonyl (C=O) groups is 1. The molecule has 2 aromatic carbocycles. The van der Waals surface area contributed by atoms with Crippen LogP contribution in [0.4, 0.5) is 9.52 Å². The first-order valence-corrected chi connectivity index (χ1v) is 15.8. The molecule has 5 rings (SSSR count). The van der Waals surface area contributed by atoms with E-state index in [2.05, 4.69) is 23.7 Å². The van der Waals surface area contributed by atoms with Gasteiger partial charge in [0.25, 0.3) is 5.91 Å². The van der Waals surface area contributed by atoms with Crippen molar-refractivity contribution in [2.75, 3.05) is 57.4 Å². The second kappa shape index (κ2) is 13.2. The number of morpholine rings is 1. The highest BCUT2D eigenvalue weighted by atomic mass is 35.5. The van der Waals surface area contributed by atoms with Gasteiger partial charge in [0, 0.05) is 44.8 Å². The fraction of sp³-hybridized carbons (Fsp3) is 0.500. The summed E-state index contributed by atoms with van der Waals surface area (Å²) in [5.74, 6) is -0.115. The Hall–Kier alpha value is -2.15. The fourth-order valence-electron chi connectivity index (χ4n) is 5.46. The molecule has 0 saturated carbocycles. The van der Waals surface area contributed by atoms with Gasteiger partial charge in [0.05, 0.1) is 22.8 Å². The number of anilines is 1. The number of carbonyl (C=O) groups excluding carboxylic acids is 1. The van der Waals surface area contributed by atoms with E-state index in [-0.39, 0.29) is 28.7 Å². The minimum Gasteiger partial charge on any atom is -0.379 e. The van der Waals surface area contributed by atoms with E-state index >= 15 is 0 Å². The Morgan fingerprint density at radius 1 is 1.10 bits per heavy atom. The first kappa shape index (κ1) is 30.8. The first-order valence-electron chi connectivity index (χ1n) is 13.5. The van der Waals surface area contributed by atoms with Crippen LogP contribution < -0.4 is 4.90 Å². The largest absolute Gasteiger partial charge is 0.379 e. The van der Waals surface area contributed by atoms with Crippen molar-refractivity contribution >= 4 is 55.0 Å². The number of piperidine rings is 1. The molecule has 0 N–H and O–H groups in total. The maximum Gasteiger partial charge on any atom is 0.260 e. The molecule has 1 amide bonds. The topological polar surface area (TPSA) is 83.1 Å². The van der Waals surface area contributed by atoms with Crippen molar-refractivity contribution in [1.29, 1.82) is 0 Å². The van der Waals surface area contributed by atoms with E-state index in [1.54, 1.807) is 33.5 Å². The lowest BCUT2D eigenvalue weighted by molar-refractivity contribution is 0.0376. The molecule has 0 radical (unpaired) electrons. The summed E-state index contributed by atoms with van der Waals surface area (Å²) in [6.07, 6.45) is 1.72. The van der Waals surface area contributed by atoms with Crippen LogP contribution in [-0.4, -0.2) is 81.0 Å². The third-order valence-electron chi connectivity index (χ3n) is 7.37. The number of sulfonamides is 1. The molecule has 0 aliphatic carbocycles. The van der Waals surface area contributed by atoms with Crippen molar-refractivity contribution in [3.05, 3.63) is 53.8 Å². The minimum atomic E-state index is -3.65. The van der Waals surface area contributed by atoms with Gasteiger partial charge >= 0.3 is 0 Å². The minimum absolute atomic E-state index is 0. The van der Waals surface area contributed by atoms with E-state index in [9.17, 15) is 17.6 Å². The van der Waals surface area contributed by atoms with Crippen LogP contribution in [0.2, 0.25) is 0 Å². The van der Waals surface area contributed by atoms with Crippen LogP contribution in [0, 0.1) is 17.7 Å². The van der Waals surface area contributed by atoms with Crippen molar-refractivity contribution in [2.24, 2.45) is 11.8 Å². The molecule has 1 aromatic heterocycles. The van der Waals surface area contributed by atoms with Crippen molar-refractivity contribution in [3.63, 3.8) is 0 Å². The normalized spacial score (nSPS) is 20.8. The third kappa shape index (κ3) is 6.83. The zero-order valence-corrected chi connectivity index (χ0v) is 25.2. The van der Waals surface area contributed by atoms with Crippen molar-refractivity contribution in [1.82, 2.24) is 14.2 Å². The van der Waals surface area contributed by atoms with E-state index < -0.39 is 15.8 Å². The number of ether oxygens (including phenoxy) is 1. The van der Waals surface area contributed by atoms with Gasteiger partial charge in [-0.05, 0) is 61.1 Å². The molecule has 2 unspecified atom stereocenters. The zero-order chi connectivity index (χ0) is 27.6. The number of benzene rings is 2. The Morgan fingerprint density at radius 3 is 2.42 bits per heavy atom. The Labute approximate surface area is 245 Å². The van der Waals surface area contributed by atoms with Gasteiger partial charge in [-0.3, -0.25) is 14.6 Å². The monoisotopic (exact) mass is 610 g/mol.